The molecule has 0 radical (unpaired) electrons. The predicted octanol–water partition coefficient (Wildman–Crippen LogP) is 4.76. The molecule has 0 amide bonds. The van der Waals surface area contributed by atoms with Gasteiger partial charge >= 0.3 is 0 Å². The van der Waals surface area contributed by atoms with Gasteiger partial charge in [-0.05, 0) is 25.4 Å². The van der Waals surface area contributed by atoms with Crippen LogP contribution < -0.4 is 5.32 Å². The molecule has 98 valence electrons. The highest BCUT2D eigenvalue weighted by Crippen LogP contribution is 2.07. The molecule has 16 heavy (non-hydrogen) atoms. The van der Waals surface area contributed by atoms with Crippen molar-refractivity contribution in [1.82, 2.24) is 5.32 Å². The molecule has 0 unspecified atom stereocenters. The van der Waals surface area contributed by atoms with Crippen molar-refractivity contribution in [1.29, 1.82) is 0 Å². The van der Waals surface area contributed by atoms with E-state index >= 15 is 0 Å². The summed E-state index contributed by atoms with van der Waals surface area (Å²) in [6.45, 7) is 9.32. The Labute approximate surface area is 103 Å². The first kappa shape index (κ1) is 16.0. The highest BCUT2D eigenvalue weighted by Gasteiger charge is 2.01. The fraction of sp³-hybridized carbons (Fsp3) is 1.00. The molecule has 1 heteroatoms. The van der Waals surface area contributed by atoms with Gasteiger partial charge in [0.15, 0.2) is 0 Å². The summed E-state index contributed by atoms with van der Waals surface area (Å²) in [5.74, 6) is 0.893. The monoisotopic (exact) mass is 227 g/mol. The van der Waals surface area contributed by atoms with Gasteiger partial charge in [-0.1, -0.05) is 72.1 Å². The molecule has 1 N–H and O–H groups in total. The lowest BCUT2D eigenvalue weighted by atomic mass is 10.0. The van der Waals surface area contributed by atoms with Crippen LogP contribution in [0.25, 0.3) is 0 Å². The van der Waals surface area contributed by atoms with Crippen LogP contribution in [0.5, 0.6) is 0 Å². The predicted molar refractivity (Wildman–Crippen MR) is 74.9 cm³/mol. The van der Waals surface area contributed by atoms with Crippen LogP contribution in [0, 0.1) is 5.92 Å². The Hall–Kier alpha value is -0.0400. The number of nitrogens with one attached hydrogen (secondary N) is 1. The third-order valence-corrected chi connectivity index (χ3v) is 3.54. The van der Waals surface area contributed by atoms with Crippen molar-refractivity contribution in [2.75, 3.05) is 13.1 Å². The van der Waals surface area contributed by atoms with E-state index < -0.39 is 0 Å². The Morgan fingerprint density at radius 2 is 1.31 bits per heavy atom. The molecule has 0 heterocycles. The first-order chi connectivity index (χ1) is 7.85. The van der Waals surface area contributed by atoms with Gasteiger partial charge in [-0.15, -0.1) is 0 Å². The van der Waals surface area contributed by atoms with Crippen LogP contribution in [0.2, 0.25) is 0 Å². The van der Waals surface area contributed by atoms with Crippen LogP contribution in [0.1, 0.15) is 78.6 Å². The van der Waals surface area contributed by atoms with Gasteiger partial charge in [0.2, 0.25) is 0 Å². The highest BCUT2D eigenvalue weighted by molar-refractivity contribution is 4.58. The molecule has 0 saturated carbocycles. The highest BCUT2D eigenvalue weighted by atomic mass is 14.8. The molecule has 0 fully saturated rings. The smallest absolute Gasteiger partial charge is 0.00207 e. The number of hydrogen-bond donors (Lipinski definition) is 1. The molecular formula is C15H33N. The van der Waals surface area contributed by atoms with Gasteiger partial charge in [0, 0.05) is 0 Å². The molecule has 0 aliphatic rings. The maximum Gasteiger partial charge on any atom is -0.00207 e. The van der Waals surface area contributed by atoms with Gasteiger partial charge in [-0.3, -0.25) is 0 Å². The first-order valence-electron chi connectivity index (χ1n) is 7.55. The zero-order valence-corrected chi connectivity index (χ0v) is 11.9. The largest absolute Gasteiger partial charge is 0.316 e. The second-order valence-corrected chi connectivity index (χ2v) is 5.01. The van der Waals surface area contributed by atoms with E-state index in [2.05, 4.69) is 26.1 Å². The molecule has 0 bridgehead atoms. The molecule has 0 saturated heterocycles. The third-order valence-electron chi connectivity index (χ3n) is 3.54. The summed E-state index contributed by atoms with van der Waals surface area (Å²) in [5.41, 5.74) is 0. The van der Waals surface area contributed by atoms with E-state index in [1.54, 1.807) is 0 Å². The Morgan fingerprint density at radius 3 is 1.88 bits per heavy atom. The van der Waals surface area contributed by atoms with Crippen molar-refractivity contribution in [3.8, 4) is 0 Å². The van der Waals surface area contributed by atoms with Gasteiger partial charge in [-0.25, -0.2) is 0 Å². The molecule has 0 aliphatic carbocycles. The Morgan fingerprint density at radius 1 is 0.750 bits per heavy atom. The van der Waals surface area contributed by atoms with Crippen LogP contribution in [0.15, 0.2) is 0 Å². The van der Waals surface area contributed by atoms with Gasteiger partial charge in [0.25, 0.3) is 0 Å². The second-order valence-electron chi connectivity index (χ2n) is 5.01. The zero-order chi connectivity index (χ0) is 12.1. The van der Waals surface area contributed by atoms with Crippen molar-refractivity contribution < 1.29 is 0 Å². The summed E-state index contributed by atoms with van der Waals surface area (Å²) >= 11 is 0. The van der Waals surface area contributed by atoms with Crippen molar-refractivity contribution >= 4 is 0 Å². The average Bonchev–Trinajstić information content (AvgIpc) is 2.32. The fourth-order valence-electron chi connectivity index (χ4n) is 2.09. The molecule has 1 nitrogen and oxygen atoms in total. The van der Waals surface area contributed by atoms with Crippen molar-refractivity contribution in [2.24, 2.45) is 5.92 Å². The maximum absolute atomic E-state index is 3.59. The lowest BCUT2D eigenvalue weighted by Crippen LogP contribution is -2.23. The van der Waals surface area contributed by atoms with Crippen LogP contribution >= 0.6 is 0 Å². The van der Waals surface area contributed by atoms with Gasteiger partial charge in [0.1, 0.15) is 0 Å². The summed E-state index contributed by atoms with van der Waals surface area (Å²) in [6, 6.07) is 0. The minimum Gasteiger partial charge on any atom is -0.316 e. The third kappa shape index (κ3) is 10.5. The van der Waals surface area contributed by atoms with Crippen LogP contribution in [0.3, 0.4) is 0 Å². The summed E-state index contributed by atoms with van der Waals surface area (Å²) in [7, 11) is 0. The molecule has 0 aliphatic heterocycles. The summed E-state index contributed by atoms with van der Waals surface area (Å²) < 4.78 is 0. The lowest BCUT2D eigenvalue weighted by molar-refractivity contribution is 0.443. The number of rotatable bonds is 12. The molecule has 0 aromatic carbocycles. The topological polar surface area (TPSA) is 12.0 Å². The first-order valence-corrected chi connectivity index (χ1v) is 7.55. The standard InChI is InChI=1S/C15H33N/c1-4-7-8-9-10-11-12-13-16-14-15(5-2)6-3/h15-16H,4-14H2,1-3H3. The average molecular weight is 227 g/mol. The molecule has 0 aromatic heterocycles. The van der Waals surface area contributed by atoms with Crippen LogP contribution in [-0.4, -0.2) is 13.1 Å². The van der Waals surface area contributed by atoms with Gasteiger partial charge in [-0.2, -0.15) is 0 Å². The number of unbranched alkanes of at least 4 members (excludes halogenated alkanes) is 6. The van der Waals surface area contributed by atoms with Crippen LogP contribution in [0.4, 0.5) is 0 Å². The van der Waals surface area contributed by atoms with Gasteiger partial charge in [0.05, 0.1) is 0 Å². The summed E-state index contributed by atoms with van der Waals surface area (Å²) in [6.07, 6.45) is 12.5. The quantitative estimate of drug-likeness (QED) is 0.474. The Balaban J connectivity index is 3.03. The minimum atomic E-state index is 0.893. The van der Waals surface area contributed by atoms with E-state index in [1.807, 2.05) is 0 Å². The Bertz CT molecular complexity index is 119. The maximum atomic E-state index is 3.59. The van der Waals surface area contributed by atoms with E-state index in [0.717, 1.165) is 5.92 Å². The van der Waals surface area contributed by atoms with Gasteiger partial charge < -0.3 is 5.32 Å². The summed E-state index contributed by atoms with van der Waals surface area (Å²) in [4.78, 5) is 0. The van der Waals surface area contributed by atoms with Crippen molar-refractivity contribution in [3.05, 3.63) is 0 Å². The summed E-state index contributed by atoms with van der Waals surface area (Å²) in [5, 5.41) is 3.59. The van der Waals surface area contributed by atoms with E-state index in [0.29, 0.717) is 0 Å². The fourth-order valence-corrected chi connectivity index (χ4v) is 2.09. The van der Waals surface area contributed by atoms with Crippen molar-refractivity contribution in [2.45, 2.75) is 78.6 Å². The zero-order valence-electron chi connectivity index (χ0n) is 11.9. The molecule has 0 spiro atoms. The molecular weight excluding hydrogens is 194 g/mol. The van der Waals surface area contributed by atoms with Crippen LogP contribution in [-0.2, 0) is 0 Å². The van der Waals surface area contributed by atoms with Crippen molar-refractivity contribution in [3.63, 3.8) is 0 Å². The van der Waals surface area contributed by atoms with E-state index in [-0.39, 0.29) is 0 Å². The SMILES string of the molecule is CCCCCCCCCNCC(CC)CC. The molecule has 0 aromatic rings. The Kier molecular flexibility index (Phi) is 13.0. The van der Waals surface area contributed by atoms with E-state index in [4.69, 9.17) is 0 Å². The minimum absolute atomic E-state index is 0.893. The molecule has 0 rings (SSSR count). The van der Waals surface area contributed by atoms with E-state index in [9.17, 15) is 0 Å². The number of hydrogen-bond acceptors (Lipinski definition) is 1. The second kappa shape index (κ2) is 13.0. The normalized spacial score (nSPS) is 11.2. The molecule has 0 atom stereocenters. The van der Waals surface area contributed by atoms with E-state index in [1.165, 1.54) is 70.9 Å². The lowest BCUT2D eigenvalue weighted by Gasteiger charge is -2.12.